The number of rotatable bonds is 5. The summed E-state index contributed by atoms with van der Waals surface area (Å²) in [4.78, 5) is 4.53. The lowest BCUT2D eigenvalue weighted by molar-refractivity contribution is 0.0389. The summed E-state index contributed by atoms with van der Waals surface area (Å²) < 4.78 is 13.5. The van der Waals surface area contributed by atoms with Crippen molar-refractivity contribution in [3.8, 4) is 0 Å². The highest BCUT2D eigenvalue weighted by molar-refractivity contribution is 5.76. The molecule has 2 aromatic heterocycles. The van der Waals surface area contributed by atoms with Gasteiger partial charge in [-0.3, -0.25) is 9.56 Å². The molecule has 0 amide bonds. The molecule has 0 radical (unpaired) electrons. The zero-order chi connectivity index (χ0) is 18.4. The Labute approximate surface area is 157 Å². The van der Waals surface area contributed by atoms with Gasteiger partial charge in [0.2, 0.25) is 0 Å². The van der Waals surface area contributed by atoms with Crippen molar-refractivity contribution in [2.75, 3.05) is 0 Å². The molecule has 2 aromatic rings. The molecular formula is C19H24N6O2. The summed E-state index contributed by atoms with van der Waals surface area (Å²) in [5.74, 6) is 3.61. The van der Waals surface area contributed by atoms with E-state index < -0.39 is 0 Å². The minimum absolute atomic E-state index is 0.0520. The van der Waals surface area contributed by atoms with E-state index in [1.807, 2.05) is 25.4 Å². The van der Waals surface area contributed by atoms with Crippen molar-refractivity contribution in [2.24, 2.45) is 10.9 Å². The molecule has 8 heteroatoms. The highest BCUT2D eigenvalue weighted by Crippen LogP contribution is 2.44. The smallest absolute Gasteiger partial charge is 0.175 e. The third-order valence-electron chi connectivity index (χ3n) is 5.93. The summed E-state index contributed by atoms with van der Waals surface area (Å²) in [5, 5.41) is 16.3. The Morgan fingerprint density at radius 1 is 1.33 bits per heavy atom. The zero-order valence-corrected chi connectivity index (χ0v) is 15.6. The number of hydrogen-bond acceptors (Lipinski definition) is 7. The third kappa shape index (κ3) is 2.88. The molecule has 8 nitrogen and oxygen atoms in total. The van der Waals surface area contributed by atoms with Crippen LogP contribution in [-0.2, 0) is 11.3 Å². The van der Waals surface area contributed by atoms with Gasteiger partial charge in [0.1, 0.15) is 23.4 Å². The molecule has 2 aliphatic heterocycles. The van der Waals surface area contributed by atoms with Crippen LogP contribution in [0.4, 0.5) is 0 Å². The number of nitrogens with one attached hydrogen (secondary N) is 1. The van der Waals surface area contributed by atoms with E-state index in [2.05, 4.69) is 43.2 Å². The second-order valence-corrected chi connectivity index (χ2v) is 7.63. The fourth-order valence-corrected chi connectivity index (χ4v) is 4.59. The number of aliphatic imine (C=N–C) groups is 1. The molecule has 1 fully saturated rings. The number of ether oxygens (including phenoxy) is 1. The van der Waals surface area contributed by atoms with Gasteiger partial charge in [-0.1, -0.05) is 18.5 Å². The first kappa shape index (κ1) is 16.7. The number of fused-ring (bicyclic) bond motifs is 3. The normalized spacial score (nSPS) is 31.1. The molecule has 5 rings (SSSR count). The van der Waals surface area contributed by atoms with Gasteiger partial charge in [0.25, 0.3) is 0 Å². The van der Waals surface area contributed by atoms with Crippen LogP contribution in [0.3, 0.4) is 0 Å². The molecule has 0 spiro atoms. The highest BCUT2D eigenvalue weighted by atomic mass is 16.5. The van der Waals surface area contributed by atoms with Crippen molar-refractivity contribution >= 4 is 6.21 Å². The predicted octanol–water partition coefficient (Wildman–Crippen LogP) is 2.48. The van der Waals surface area contributed by atoms with Crippen LogP contribution in [0.15, 0.2) is 27.9 Å². The maximum absolute atomic E-state index is 6.16. The van der Waals surface area contributed by atoms with Crippen LogP contribution in [0.1, 0.15) is 61.2 Å². The summed E-state index contributed by atoms with van der Waals surface area (Å²) >= 11 is 0. The molecule has 1 saturated carbocycles. The monoisotopic (exact) mass is 368 g/mol. The summed E-state index contributed by atoms with van der Waals surface area (Å²) in [5.41, 5.74) is 0.852. The Kier molecular flexibility index (Phi) is 4.07. The highest BCUT2D eigenvalue weighted by Gasteiger charge is 2.41. The first-order valence-electron chi connectivity index (χ1n) is 9.67. The topological polar surface area (TPSA) is 90.4 Å². The Bertz CT molecular complexity index is 885. The van der Waals surface area contributed by atoms with E-state index in [9.17, 15) is 0 Å². The quantitative estimate of drug-likeness (QED) is 0.872. The van der Waals surface area contributed by atoms with Crippen LogP contribution in [0.25, 0.3) is 0 Å². The second kappa shape index (κ2) is 6.60. The van der Waals surface area contributed by atoms with Gasteiger partial charge in [-0.25, -0.2) is 0 Å². The zero-order valence-electron chi connectivity index (χ0n) is 15.6. The van der Waals surface area contributed by atoms with Crippen LogP contribution in [-0.4, -0.2) is 38.4 Å². The summed E-state index contributed by atoms with van der Waals surface area (Å²) in [7, 11) is 0. The number of hydrogen-bond donors (Lipinski definition) is 1. The second-order valence-electron chi connectivity index (χ2n) is 7.63. The molecule has 27 heavy (non-hydrogen) atoms. The third-order valence-corrected chi connectivity index (χ3v) is 5.93. The summed E-state index contributed by atoms with van der Waals surface area (Å²) in [6.07, 6.45) is 9.31. The Balaban J connectivity index is 1.35. The van der Waals surface area contributed by atoms with Gasteiger partial charge < -0.3 is 14.6 Å². The van der Waals surface area contributed by atoms with Gasteiger partial charge in [0, 0.05) is 12.0 Å². The summed E-state index contributed by atoms with van der Waals surface area (Å²) in [6, 6.07) is 2.09. The lowest BCUT2D eigenvalue weighted by Crippen LogP contribution is -2.33. The molecule has 1 aliphatic carbocycles. The fourth-order valence-electron chi connectivity index (χ4n) is 4.59. The Morgan fingerprint density at radius 3 is 3.07 bits per heavy atom. The van der Waals surface area contributed by atoms with Gasteiger partial charge in [-0.15, -0.1) is 10.2 Å². The van der Waals surface area contributed by atoms with Crippen molar-refractivity contribution in [2.45, 2.75) is 63.9 Å². The minimum atomic E-state index is 0.0520. The largest absolute Gasteiger partial charge is 0.372 e. The molecule has 2 unspecified atom stereocenters. The standard InChI is InChI=1S/C19H24N6O2/c1-3-12-7-14(26-10-13-6-11(2)27-24-13)8-15(12)19-23-22-17-9-21-18-16(25(17)19)4-5-20-18/h4-6,9,12,14-16,18,20H,3,7-8,10H2,1-2H3/t12-,14-,15+,16?,18?/m1/s1. The van der Waals surface area contributed by atoms with Crippen LogP contribution in [0.5, 0.6) is 0 Å². The predicted molar refractivity (Wildman–Crippen MR) is 98.3 cm³/mol. The van der Waals surface area contributed by atoms with Crippen LogP contribution in [0, 0.1) is 12.8 Å². The molecule has 5 atom stereocenters. The fraction of sp³-hybridized carbons (Fsp3) is 0.579. The molecule has 4 heterocycles. The van der Waals surface area contributed by atoms with Gasteiger partial charge in [-0.05, 0) is 38.0 Å². The van der Waals surface area contributed by atoms with Gasteiger partial charge in [0.05, 0.1) is 25.0 Å². The average Bonchev–Trinajstić information content (AvgIpc) is 3.43. The van der Waals surface area contributed by atoms with Crippen LogP contribution in [0.2, 0.25) is 0 Å². The lowest BCUT2D eigenvalue weighted by atomic mass is 9.92. The van der Waals surface area contributed by atoms with E-state index in [1.54, 1.807) is 0 Å². The molecule has 0 aromatic carbocycles. The van der Waals surface area contributed by atoms with Gasteiger partial charge in [-0.2, -0.15) is 0 Å². The molecule has 0 saturated heterocycles. The molecule has 0 bridgehead atoms. The molecule has 1 N–H and O–H groups in total. The van der Waals surface area contributed by atoms with Crippen molar-refractivity contribution in [3.05, 3.63) is 41.4 Å². The molecule has 3 aliphatic rings. The van der Waals surface area contributed by atoms with Gasteiger partial charge in [0.15, 0.2) is 5.82 Å². The van der Waals surface area contributed by atoms with E-state index in [4.69, 9.17) is 9.26 Å². The lowest BCUT2D eigenvalue weighted by Gasteiger charge is -2.26. The van der Waals surface area contributed by atoms with Crippen LogP contribution >= 0.6 is 0 Å². The average molecular weight is 368 g/mol. The SMILES string of the molecule is CC[C@@H]1C[C@@H](OCc2cc(C)on2)C[C@@H]1c1nnc2n1C1C=CNC1N=C2. The van der Waals surface area contributed by atoms with E-state index in [0.29, 0.717) is 18.4 Å². The molecule has 142 valence electrons. The van der Waals surface area contributed by atoms with Crippen molar-refractivity contribution < 1.29 is 9.26 Å². The number of nitrogens with zero attached hydrogens (tertiary/aromatic N) is 5. The first-order valence-corrected chi connectivity index (χ1v) is 9.67. The maximum Gasteiger partial charge on any atom is 0.175 e. The maximum atomic E-state index is 6.16. The molecular weight excluding hydrogens is 344 g/mol. The first-order chi connectivity index (χ1) is 13.2. The van der Waals surface area contributed by atoms with E-state index in [-0.39, 0.29) is 18.3 Å². The number of aromatic nitrogens is 4. The minimum Gasteiger partial charge on any atom is -0.372 e. The summed E-state index contributed by atoms with van der Waals surface area (Å²) in [6.45, 7) is 4.63. The van der Waals surface area contributed by atoms with E-state index in [1.165, 1.54) is 0 Å². The van der Waals surface area contributed by atoms with E-state index >= 15 is 0 Å². The van der Waals surface area contributed by atoms with Crippen molar-refractivity contribution in [1.82, 2.24) is 25.2 Å². The van der Waals surface area contributed by atoms with Crippen molar-refractivity contribution in [3.63, 3.8) is 0 Å². The Morgan fingerprint density at radius 2 is 2.26 bits per heavy atom. The van der Waals surface area contributed by atoms with Crippen molar-refractivity contribution in [1.29, 1.82) is 0 Å². The Hall–Kier alpha value is -2.48. The number of aryl methyl sites for hydroxylation is 1. The van der Waals surface area contributed by atoms with Crippen LogP contribution < -0.4 is 5.32 Å². The van der Waals surface area contributed by atoms with E-state index in [0.717, 1.165) is 42.4 Å². The van der Waals surface area contributed by atoms with Gasteiger partial charge >= 0.3 is 0 Å².